The average Bonchev–Trinajstić information content (AvgIpc) is 3.53. The van der Waals surface area contributed by atoms with Crippen LogP contribution in [-0.2, 0) is 9.59 Å². The molecule has 3 aromatic carbocycles. The number of benzene rings is 3. The number of aliphatic imine (C=N–C) groups is 1. The van der Waals surface area contributed by atoms with Gasteiger partial charge in [0.25, 0.3) is 5.91 Å². The zero-order valence-corrected chi connectivity index (χ0v) is 22.3. The lowest BCUT2D eigenvalue weighted by Gasteiger charge is -2.23. The maximum atomic E-state index is 12.8. The van der Waals surface area contributed by atoms with Gasteiger partial charge in [-0.15, -0.1) is 0 Å². The predicted molar refractivity (Wildman–Crippen MR) is 150 cm³/mol. The van der Waals surface area contributed by atoms with Crippen LogP contribution in [-0.4, -0.2) is 47.2 Å². The Kier molecular flexibility index (Phi) is 7.67. The number of anilines is 1. The van der Waals surface area contributed by atoms with Gasteiger partial charge in [-0.1, -0.05) is 41.6 Å². The molecular formula is C28H25ClN4O4S. The maximum Gasteiger partial charge on any atom is 0.262 e. The van der Waals surface area contributed by atoms with Crippen LogP contribution < -0.4 is 14.8 Å². The van der Waals surface area contributed by atoms with E-state index in [1.165, 1.54) is 11.8 Å². The number of rotatable bonds is 7. The topological polar surface area (TPSA) is 92.6 Å². The predicted octanol–water partition coefficient (Wildman–Crippen LogP) is 5.54. The number of thioether (sulfide) groups is 1. The number of hydrazone groups is 1. The lowest BCUT2D eigenvalue weighted by Crippen LogP contribution is -2.25. The molecule has 0 bridgehead atoms. The summed E-state index contributed by atoms with van der Waals surface area (Å²) in [6.07, 6.45) is 0.583. The Balaban J connectivity index is 1.34. The number of hydrogen-bond acceptors (Lipinski definition) is 7. The standard InChI is InChI=1S/C28H25ClN4O4S/c1-36-21-11-9-17(10-12-21)23-15-24(18-5-3-6-19(29)13-18)33(32-23)28-31-27(35)25(38-28)16-26(34)30-20-7-4-8-22(14-20)37-2/h3-14,24-25H,15-16H2,1-2H3,(H,30,34)/t24-,25+/m0/s1. The second-order valence-corrected chi connectivity index (χ2v) is 10.3. The van der Waals surface area contributed by atoms with Gasteiger partial charge in [0.15, 0.2) is 5.17 Å². The number of nitrogens with zero attached hydrogens (tertiary/aromatic N) is 3. The van der Waals surface area contributed by atoms with Crippen LogP contribution in [0.25, 0.3) is 0 Å². The van der Waals surface area contributed by atoms with Gasteiger partial charge in [-0.2, -0.15) is 10.1 Å². The number of halogens is 1. The van der Waals surface area contributed by atoms with Crippen LogP contribution in [0.5, 0.6) is 11.5 Å². The first-order chi connectivity index (χ1) is 18.4. The van der Waals surface area contributed by atoms with Crippen molar-refractivity contribution in [2.75, 3.05) is 19.5 Å². The van der Waals surface area contributed by atoms with Gasteiger partial charge < -0.3 is 14.8 Å². The van der Waals surface area contributed by atoms with Crippen molar-refractivity contribution in [1.29, 1.82) is 0 Å². The first-order valence-corrected chi connectivity index (χ1v) is 13.2. The van der Waals surface area contributed by atoms with Crippen molar-refractivity contribution in [1.82, 2.24) is 5.01 Å². The molecule has 0 fully saturated rings. The molecule has 2 aliphatic rings. The molecule has 194 valence electrons. The van der Waals surface area contributed by atoms with Crippen LogP contribution in [0.2, 0.25) is 5.02 Å². The monoisotopic (exact) mass is 548 g/mol. The molecule has 3 aromatic rings. The SMILES string of the molecule is COc1ccc(C2=NN(C3=NC(=O)[C@@H](CC(=O)Nc4cccc(OC)c4)S3)[C@H](c3cccc(Cl)c3)C2)cc1. The first-order valence-electron chi connectivity index (χ1n) is 11.9. The first kappa shape index (κ1) is 25.8. The molecule has 1 N–H and O–H groups in total. The number of ether oxygens (including phenoxy) is 2. The summed E-state index contributed by atoms with van der Waals surface area (Å²) < 4.78 is 10.5. The largest absolute Gasteiger partial charge is 0.497 e. The Labute approximate surface area is 229 Å². The summed E-state index contributed by atoms with van der Waals surface area (Å²) in [5.74, 6) is 0.748. The minimum atomic E-state index is -0.643. The fraction of sp³-hybridized carbons (Fsp3) is 0.214. The van der Waals surface area contributed by atoms with E-state index in [-0.39, 0.29) is 24.3 Å². The Morgan fingerprint density at radius 2 is 1.82 bits per heavy atom. The van der Waals surface area contributed by atoms with Crippen LogP contribution in [0.4, 0.5) is 5.69 Å². The summed E-state index contributed by atoms with van der Waals surface area (Å²) in [7, 11) is 3.18. The third kappa shape index (κ3) is 5.69. The van der Waals surface area contributed by atoms with Crippen molar-refractivity contribution in [2.45, 2.75) is 24.1 Å². The molecule has 0 aromatic heterocycles. The zero-order chi connectivity index (χ0) is 26.6. The van der Waals surface area contributed by atoms with Crippen molar-refractivity contribution in [3.63, 3.8) is 0 Å². The molecule has 0 unspecified atom stereocenters. The van der Waals surface area contributed by atoms with E-state index in [2.05, 4.69) is 10.3 Å². The fourth-order valence-electron chi connectivity index (χ4n) is 4.30. The molecule has 2 heterocycles. The summed E-state index contributed by atoms with van der Waals surface area (Å²) in [6.45, 7) is 0. The summed E-state index contributed by atoms with van der Waals surface area (Å²) in [6, 6.07) is 22.1. The number of nitrogens with one attached hydrogen (secondary N) is 1. The van der Waals surface area contributed by atoms with E-state index >= 15 is 0 Å². The molecular weight excluding hydrogens is 524 g/mol. The maximum absolute atomic E-state index is 12.8. The number of hydrogen-bond donors (Lipinski definition) is 1. The molecule has 0 saturated carbocycles. The minimum absolute atomic E-state index is 0.0154. The van der Waals surface area contributed by atoms with Crippen LogP contribution in [0.1, 0.15) is 30.0 Å². The van der Waals surface area contributed by atoms with Crippen molar-refractivity contribution >= 4 is 51.7 Å². The highest BCUT2D eigenvalue weighted by Gasteiger charge is 2.39. The molecule has 0 spiro atoms. The van der Waals surface area contributed by atoms with Crippen molar-refractivity contribution < 1.29 is 19.1 Å². The normalized spacial score (nSPS) is 18.7. The smallest absolute Gasteiger partial charge is 0.262 e. The van der Waals surface area contributed by atoms with Crippen molar-refractivity contribution in [3.8, 4) is 11.5 Å². The van der Waals surface area contributed by atoms with E-state index in [9.17, 15) is 9.59 Å². The highest BCUT2D eigenvalue weighted by molar-refractivity contribution is 8.15. The number of amidine groups is 1. The highest BCUT2D eigenvalue weighted by Crippen LogP contribution is 2.39. The number of carbonyl (C=O) groups excluding carboxylic acids is 2. The van der Waals surface area contributed by atoms with Gasteiger partial charge in [-0.3, -0.25) is 9.59 Å². The summed E-state index contributed by atoms with van der Waals surface area (Å²) >= 11 is 7.54. The molecule has 0 saturated heterocycles. The van der Waals surface area contributed by atoms with Crippen LogP contribution in [0.15, 0.2) is 82.9 Å². The number of carbonyl (C=O) groups is 2. The Bertz CT molecular complexity index is 1430. The van der Waals surface area contributed by atoms with E-state index in [4.69, 9.17) is 26.2 Å². The van der Waals surface area contributed by atoms with Crippen LogP contribution in [0.3, 0.4) is 0 Å². The minimum Gasteiger partial charge on any atom is -0.497 e. The van der Waals surface area contributed by atoms with Gasteiger partial charge in [0.2, 0.25) is 5.91 Å². The van der Waals surface area contributed by atoms with Crippen LogP contribution >= 0.6 is 23.4 Å². The van der Waals surface area contributed by atoms with E-state index in [0.29, 0.717) is 28.0 Å². The lowest BCUT2D eigenvalue weighted by atomic mass is 9.98. The third-order valence-electron chi connectivity index (χ3n) is 6.22. The summed E-state index contributed by atoms with van der Waals surface area (Å²) in [4.78, 5) is 29.9. The summed E-state index contributed by atoms with van der Waals surface area (Å²) in [5, 5.41) is 9.90. The van der Waals surface area contributed by atoms with E-state index in [1.807, 2.05) is 48.5 Å². The molecule has 2 aliphatic heterocycles. The molecule has 0 radical (unpaired) electrons. The summed E-state index contributed by atoms with van der Waals surface area (Å²) in [5.41, 5.74) is 3.36. The Morgan fingerprint density at radius 3 is 2.55 bits per heavy atom. The van der Waals surface area contributed by atoms with Gasteiger partial charge in [0.05, 0.1) is 26.0 Å². The van der Waals surface area contributed by atoms with Crippen LogP contribution in [0, 0.1) is 0 Å². The number of methoxy groups -OCH3 is 2. The molecule has 2 amide bonds. The second kappa shape index (κ2) is 11.3. The second-order valence-electron chi connectivity index (χ2n) is 8.72. The zero-order valence-electron chi connectivity index (χ0n) is 20.8. The molecule has 5 rings (SSSR count). The molecule has 10 heteroatoms. The third-order valence-corrected chi connectivity index (χ3v) is 7.59. The average molecular weight is 549 g/mol. The van der Waals surface area contributed by atoms with Gasteiger partial charge in [-0.25, -0.2) is 5.01 Å². The van der Waals surface area contributed by atoms with E-state index < -0.39 is 5.25 Å². The van der Waals surface area contributed by atoms with Gasteiger partial charge in [-0.05, 0) is 59.7 Å². The van der Waals surface area contributed by atoms with E-state index in [0.717, 1.165) is 22.6 Å². The van der Waals surface area contributed by atoms with Gasteiger partial charge in [0, 0.05) is 29.6 Å². The molecule has 2 atom stereocenters. The number of amides is 2. The molecule has 0 aliphatic carbocycles. The van der Waals surface area contributed by atoms with Gasteiger partial charge in [0.1, 0.15) is 16.7 Å². The van der Waals surface area contributed by atoms with Gasteiger partial charge >= 0.3 is 0 Å². The van der Waals surface area contributed by atoms with E-state index in [1.54, 1.807) is 43.5 Å². The Morgan fingerprint density at radius 1 is 1.05 bits per heavy atom. The lowest BCUT2D eigenvalue weighted by molar-refractivity contribution is -0.121. The Hall–Kier alpha value is -3.82. The quantitative estimate of drug-likeness (QED) is 0.417. The fourth-order valence-corrected chi connectivity index (χ4v) is 5.56. The van der Waals surface area contributed by atoms with Crippen molar-refractivity contribution in [3.05, 3.63) is 88.9 Å². The van der Waals surface area contributed by atoms with Crippen molar-refractivity contribution in [2.24, 2.45) is 10.1 Å². The molecule has 38 heavy (non-hydrogen) atoms. The highest BCUT2D eigenvalue weighted by atomic mass is 35.5. The molecule has 8 nitrogen and oxygen atoms in total.